The maximum Gasteiger partial charge on any atom is 0.320 e. The number of anilines is 2. The van der Waals surface area contributed by atoms with Crippen molar-refractivity contribution in [3.05, 3.63) is 100 Å². The Balaban J connectivity index is 1.86. The molecule has 0 bridgehead atoms. The van der Waals surface area contributed by atoms with Gasteiger partial charge < -0.3 is 25.2 Å². The van der Waals surface area contributed by atoms with E-state index in [1.165, 1.54) is 26.8 Å². The predicted octanol–water partition coefficient (Wildman–Crippen LogP) is 11.3. The summed E-state index contributed by atoms with van der Waals surface area (Å²) in [5, 5.41) is 11.7. The molecule has 2 atom stereocenters. The van der Waals surface area contributed by atoms with Gasteiger partial charge in [0.2, 0.25) is 15.6 Å². The smallest absolute Gasteiger partial charge is 0.320 e. The third kappa shape index (κ3) is 10.5. The number of benzene rings is 4. The molecule has 0 aromatic heterocycles. The van der Waals surface area contributed by atoms with Gasteiger partial charge in [0.15, 0.2) is 6.10 Å². The summed E-state index contributed by atoms with van der Waals surface area (Å²) < 4.78 is 41.0. The van der Waals surface area contributed by atoms with Gasteiger partial charge in [0.1, 0.15) is 22.3 Å². The normalized spacial score (nSPS) is 13.8. The largest absolute Gasteiger partial charge is 0.506 e. The van der Waals surface area contributed by atoms with E-state index in [-0.39, 0.29) is 38.6 Å². The first kappa shape index (κ1) is 47.4. The zero-order chi connectivity index (χ0) is 44.3. The Labute approximate surface area is 362 Å². The number of para-hydroxylation sites is 1. The maximum atomic E-state index is 14.3. The molecular formula is C45H53Cl3N2O8S. The number of Topliss-reactive ketones (excluding diaryl/α,β-unsaturated/α-hetero) is 1. The van der Waals surface area contributed by atoms with Crippen LogP contribution in [0.4, 0.5) is 11.4 Å². The van der Waals surface area contributed by atoms with Gasteiger partial charge in [-0.05, 0) is 78.1 Å². The Hall–Kier alpha value is -4.29. The highest BCUT2D eigenvalue weighted by Gasteiger charge is 2.52. The summed E-state index contributed by atoms with van der Waals surface area (Å²) in [6.45, 7) is 19.1. The van der Waals surface area contributed by atoms with Crippen LogP contribution in [0.2, 0.25) is 10.0 Å². The van der Waals surface area contributed by atoms with Gasteiger partial charge in [-0.1, -0.05) is 134 Å². The molecule has 0 spiro atoms. The standard InChI is InChI=1S/C45H53Cl3N2O8S/c1-11-34(57-35-22-19-27(43(7,8)12-2)23-31(35)44(9,10)13-3)39(52)49-29-24-36(38(47)37(25-29)59(55,56)30-20-21-33(51)32(46)26-30)58-45(48,40(53)42(4,5)6)41(54)50-28-17-15-14-16-18-28/h14-26,34,51H,11-13H2,1-10H3,(H,49,52)(H,50,54). The molecule has 0 fully saturated rings. The molecule has 0 heterocycles. The van der Waals surface area contributed by atoms with Crippen LogP contribution in [0.25, 0.3) is 0 Å². The van der Waals surface area contributed by atoms with E-state index in [4.69, 9.17) is 44.3 Å². The number of ketones is 1. The van der Waals surface area contributed by atoms with Crippen molar-refractivity contribution in [1.29, 1.82) is 0 Å². The number of alkyl halides is 1. The summed E-state index contributed by atoms with van der Waals surface area (Å²) in [7, 11) is -4.60. The van der Waals surface area contributed by atoms with Gasteiger partial charge in [0.25, 0.3) is 11.8 Å². The molecule has 2 amide bonds. The van der Waals surface area contributed by atoms with Crippen LogP contribution in [0.5, 0.6) is 17.2 Å². The minimum absolute atomic E-state index is 0.100. The Morgan fingerprint density at radius 3 is 1.95 bits per heavy atom. The number of aromatic hydroxyl groups is 1. The van der Waals surface area contributed by atoms with Crippen molar-refractivity contribution in [3.8, 4) is 17.2 Å². The number of nitrogens with one attached hydrogen (secondary N) is 2. The molecule has 14 heteroatoms. The first-order valence-corrected chi connectivity index (χ1v) is 21.9. The van der Waals surface area contributed by atoms with Gasteiger partial charge in [-0.15, -0.1) is 0 Å². The third-order valence-electron chi connectivity index (χ3n) is 10.5. The highest BCUT2D eigenvalue weighted by Crippen LogP contribution is 2.43. The second kappa shape index (κ2) is 18.1. The van der Waals surface area contributed by atoms with Crippen molar-refractivity contribution in [1.82, 2.24) is 0 Å². The fourth-order valence-corrected chi connectivity index (χ4v) is 8.44. The molecule has 10 nitrogen and oxygen atoms in total. The number of phenols is 1. The number of hydrogen-bond donors (Lipinski definition) is 3. The minimum Gasteiger partial charge on any atom is -0.506 e. The van der Waals surface area contributed by atoms with Crippen molar-refractivity contribution in [2.75, 3.05) is 10.6 Å². The number of rotatable bonds is 16. The summed E-state index contributed by atoms with van der Waals surface area (Å²) in [6, 6.07) is 19.7. The van der Waals surface area contributed by atoms with Crippen LogP contribution in [-0.4, -0.2) is 42.3 Å². The van der Waals surface area contributed by atoms with Crippen molar-refractivity contribution in [3.63, 3.8) is 0 Å². The molecule has 0 radical (unpaired) electrons. The summed E-state index contributed by atoms with van der Waals surface area (Å²) in [4.78, 5) is 41.1. The fourth-order valence-electron chi connectivity index (χ4n) is 5.93. The van der Waals surface area contributed by atoms with Crippen LogP contribution in [0.1, 0.15) is 99.6 Å². The van der Waals surface area contributed by atoms with Gasteiger partial charge in [0, 0.05) is 28.4 Å². The maximum absolute atomic E-state index is 14.3. The summed E-state index contributed by atoms with van der Waals surface area (Å²) in [5.74, 6) is -2.95. The average molecular weight is 888 g/mol. The van der Waals surface area contributed by atoms with Crippen molar-refractivity contribution >= 4 is 73.6 Å². The lowest BCUT2D eigenvalue weighted by atomic mass is 9.76. The van der Waals surface area contributed by atoms with E-state index in [1.807, 2.05) is 12.1 Å². The van der Waals surface area contributed by atoms with Gasteiger partial charge in [-0.2, -0.15) is 0 Å². The number of halogens is 3. The van der Waals surface area contributed by atoms with Crippen molar-refractivity contribution in [2.45, 2.75) is 120 Å². The highest BCUT2D eigenvalue weighted by atomic mass is 35.5. The molecule has 4 aromatic rings. The van der Waals surface area contributed by atoms with Crippen LogP contribution in [-0.2, 0) is 35.1 Å². The number of carbonyl (C=O) groups excluding carboxylic acids is 3. The number of sulfone groups is 1. The molecule has 0 saturated carbocycles. The van der Waals surface area contributed by atoms with E-state index in [0.29, 0.717) is 11.4 Å². The molecule has 0 aliphatic rings. The fraction of sp³-hybridized carbons (Fsp3) is 0.400. The zero-order valence-electron chi connectivity index (χ0n) is 35.1. The Morgan fingerprint density at radius 1 is 0.763 bits per heavy atom. The van der Waals surface area contributed by atoms with E-state index in [1.54, 1.807) is 37.3 Å². The molecule has 3 N–H and O–H groups in total. The van der Waals surface area contributed by atoms with E-state index in [2.05, 4.69) is 58.2 Å². The van der Waals surface area contributed by atoms with Crippen LogP contribution >= 0.6 is 34.8 Å². The first-order valence-electron chi connectivity index (χ1n) is 19.3. The molecule has 0 aliphatic heterocycles. The average Bonchev–Trinajstić information content (AvgIpc) is 3.18. The molecule has 0 aliphatic carbocycles. The molecule has 4 rings (SSSR count). The monoisotopic (exact) mass is 886 g/mol. The van der Waals surface area contributed by atoms with E-state index in [0.717, 1.165) is 48.2 Å². The van der Waals surface area contributed by atoms with Gasteiger partial charge >= 0.3 is 5.06 Å². The topological polar surface area (TPSA) is 148 Å². The molecule has 318 valence electrons. The third-order valence-corrected chi connectivity index (χ3v) is 13.5. The molecule has 59 heavy (non-hydrogen) atoms. The van der Waals surface area contributed by atoms with E-state index < -0.39 is 59.7 Å². The lowest BCUT2D eigenvalue weighted by molar-refractivity contribution is -0.144. The molecule has 4 aromatic carbocycles. The number of ether oxygens (including phenoxy) is 2. The summed E-state index contributed by atoms with van der Waals surface area (Å²) >= 11 is 19.8. The minimum atomic E-state index is -4.60. The highest BCUT2D eigenvalue weighted by molar-refractivity contribution is 7.91. The second-order valence-corrected chi connectivity index (χ2v) is 19.9. The lowest BCUT2D eigenvalue weighted by Crippen LogP contribution is -2.54. The van der Waals surface area contributed by atoms with Crippen molar-refractivity contribution < 1.29 is 37.4 Å². The van der Waals surface area contributed by atoms with Gasteiger partial charge in [-0.3, -0.25) is 14.4 Å². The van der Waals surface area contributed by atoms with E-state index in [9.17, 15) is 27.9 Å². The summed E-state index contributed by atoms with van der Waals surface area (Å²) in [5.41, 5.74) is 0.565. The summed E-state index contributed by atoms with van der Waals surface area (Å²) in [6.07, 6.45) is 0.867. The van der Waals surface area contributed by atoms with Gasteiger partial charge in [-0.25, -0.2) is 8.42 Å². The predicted molar refractivity (Wildman–Crippen MR) is 235 cm³/mol. The molecule has 2 unspecified atom stereocenters. The van der Waals surface area contributed by atoms with Crippen LogP contribution in [0.15, 0.2) is 88.7 Å². The van der Waals surface area contributed by atoms with E-state index >= 15 is 0 Å². The molecular weight excluding hydrogens is 835 g/mol. The zero-order valence-corrected chi connectivity index (χ0v) is 38.1. The van der Waals surface area contributed by atoms with Crippen LogP contribution in [0, 0.1) is 5.41 Å². The number of phenolic OH excluding ortho intramolecular Hbond substituents is 1. The Bertz CT molecular complexity index is 2330. The Morgan fingerprint density at radius 2 is 1.39 bits per heavy atom. The lowest BCUT2D eigenvalue weighted by Gasteiger charge is -2.32. The Kier molecular flexibility index (Phi) is 14.6. The first-order chi connectivity index (χ1) is 27.3. The number of amides is 2. The van der Waals surface area contributed by atoms with Crippen LogP contribution in [0.3, 0.4) is 0 Å². The van der Waals surface area contributed by atoms with Gasteiger partial charge in [0.05, 0.1) is 14.8 Å². The van der Waals surface area contributed by atoms with Crippen molar-refractivity contribution in [2.24, 2.45) is 5.41 Å². The SMILES string of the molecule is CCC(Oc1ccc(C(C)(C)CC)cc1C(C)(C)CC)C(=O)Nc1cc(OC(Cl)(C(=O)Nc2ccccc2)C(=O)C(C)(C)C)c(Cl)c(S(=O)(=O)c2ccc(O)c(Cl)c2)c1. The number of carbonyl (C=O) groups is 3. The molecule has 0 saturated heterocycles. The quantitative estimate of drug-likeness (QED) is 0.0744. The second-order valence-electron chi connectivity index (χ2n) is 16.7. The van der Waals surface area contributed by atoms with Crippen LogP contribution < -0.4 is 20.1 Å². The number of hydrogen-bond acceptors (Lipinski definition) is 8.